The highest BCUT2D eigenvalue weighted by Crippen LogP contribution is 2.40. The number of hydrogen-bond acceptors (Lipinski definition) is 1. The van der Waals surface area contributed by atoms with Gasteiger partial charge in [0.1, 0.15) is 11.2 Å². The van der Waals surface area contributed by atoms with Crippen molar-refractivity contribution in [2.24, 2.45) is 0 Å². The van der Waals surface area contributed by atoms with Gasteiger partial charge in [-0.25, -0.2) is 0 Å². The monoisotopic (exact) mass is 487 g/mol. The zero-order valence-corrected chi connectivity index (χ0v) is 19.2. The third-order valence-corrected chi connectivity index (χ3v) is 6.95. The Labute approximate surface area is 198 Å². The summed E-state index contributed by atoms with van der Waals surface area (Å²) < 4.78 is 9.58. The van der Waals surface area contributed by atoms with Gasteiger partial charge in [-0.1, -0.05) is 76.6 Å². The Hall–Kier alpha value is -3.82. The van der Waals surface area contributed by atoms with E-state index in [4.69, 9.17) is 4.42 Å². The van der Waals surface area contributed by atoms with E-state index in [1.54, 1.807) is 0 Å². The van der Waals surface area contributed by atoms with Crippen LogP contribution in [0.5, 0.6) is 0 Å². The molecule has 2 heterocycles. The molecule has 156 valence electrons. The second-order valence-corrected chi connectivity index (χ2v) is 9.26. The minimum absolute atomic E-state index is 0.903. The number of para-hydroxylation sites is 2. The van der Waals surface area contributed by atoms with Crippen molar-refractivity contribution in [3.8, 4) is 16.8 Å². The lowest BCUT2D eigenvalue weighted by atomic mass is 9.98. The van der Waals surface area contributed by atoms with Gasteiger partial charge in [-0.05, 0) is 59.7 Å². The van der Waals surface area contributed by atoms with Crippen molar-refractivity contribution < 1.29 is 4.42 Å². The minimum Gasteiger partial charge on any atom is -0.456 e. The number of benzene rings is 5. The molecular weight excluding hydrogens is 470 g/mol. The molecule has 7 aromatic rings. The van der Waals surface area contributed by atoms with E-state index in [1.165, 1.54) is 32.9 Å². The second-order valence-electron chi connectivity index (χ2n) is 8.34. The summed E-state index contributed by atoms with van der Waals surface area (Å²) in [6, 6.07) is 38.5. The van der Waals surface area contributed by atoms with Crippen molar-refractivity contribution in [3.63, 3.8) is 0 Å². The third-order valence-electron chi connectivity index (χ3n) is 6.46. The molecule has 0 aliphatic carbocycles. The Morgan fingerprint density at radius 1 is 0.576 bits per heavy atom. The summed E-state index contributed by atoms with van der Waals surface area (Å²) in [4.78, 5) is 0. The molecule has 0 saturated heterocycles. The van der Waals surface area contributed by atoms with E-state index in [-0.39, 0.29) is 0 Å². The number of hydrogen-bond donors (Lipinski definition) is 0. The second kappa shape index (κ2) is 7.09. The summed E-state index contributed by atoms with van der Waals surface area (Å²) in [6.45, 7) is 0. The van der Waals surface area contributed by atoms with Gasteiger partial charge in [0, 0.05) is 31.7 Å². The van der Waals surface area contributed by atoms with Crippen LogP contribution < -0.4 is 0 Å². The molecule has 0 fully saturated rings. The highest BCUT2D eigenvalue weighted by atomic mass is 79.9. The maximum Gasteiger partial charge on any atom is 0.136 e. The molecule has 7 rings (SSSR count). The van der Waals surface area contributed by atoms with Gasteiger partial charge in [0.2, 0.25) is 0 Å². The molecule has 2 nitrogen and oxygen atoms in total. The summed E-state index contributed by atoms with van der Waals surface area (Å²) in [5.41, 5.74) is 7.74. The van der Waals surface area contributed by atoms with E-state index in [2.05, 4.69) is 111 Å². The largest absolute Gasteiger partial charge is 0.456 e. The predicted octanol–water partition coefficient (Wildman–Crippen LogP) is 9.11. The number of aromatic nitrogens is 1. The molecule has 2 aromatic heterocycles. The fourth-order valence-electron chi connectivity index (χ4n) is 5.03. The molecule has 3 heteroatoms. The standard InChI is InChI=1S/C30H18BrNO/c31-20-14-16-28-25(18-20)30-22(10-6-12-29(30)33-28)19-13-15-24-23-9-4-5-11-26(23)32(27(24)17-19)21-7-2-1-3-8-21/h1-18H. The average Bonchev–Trinajstić information content (AvgIpc) is 3.39. The van der Waals surface area contributed by atoms with Gasteiger partial charge in [0.25, 0.3) is 0 Å². The Balaban J connectivity index is 1.58. The van der Waals surface area contributed by atoms with Crippen molar-refractivity contribution >= 4 is 59.7 Å². The van der Waals surface area contributed by atoms with Gasteiger partial charge >= 0.3 is 0 Å². The van der Waals surface area contributed by atoms with E-state index in [0.717, 1.165) is 32.1 Å². The quantitative estimate of drug-likeness (QED) is 0.237. The molecule has 0 N–H and O–H groups in total. The van der Waals surface area contributed by atoms with Crippen LogP contribution in [0.1, 0.15) is 0 Å². The lowest BCUT2D eigenvalue weighted by Crippen LogP contribution is -1.93. The van der Waals surface area contributed by atoms with Crippen molar-refractivity contribution in [1.29, 1.82) is 0 Å². The highest BCUT2D eigenvalue weighted by Gasteiger charge is 2.16. The van der Waals surface area contributed by atoms with Gasteiger partial charge in [-0.15, -0.1) is 0 Å². The molecule has 0 bridgehead atoms. The lowest BCUT2D eigenvalue weighted by molar-refractivity contribution is 0.669. The number of nitrogens with zero attached hydrogens (tertiary/aromatic N) is 1. The first-order valence-electron chi connectivity index (χ1n) is 11.0. The smallest absolute Gasteiger partial charge is 0.136 e. The molecule has 0 radical (unpaired) electrons. The SMILES string of the molecule is Brc1ccc2oc3cccc(-c4ccc5c6ccccc6n(-c6ccccc6)c5c4)c3c2c1. The summed E-state index contributed by atoms with van der Waals surface area (Å²) in [5, 5.41) is 4.79. The van der Waals surface area contributed by atoms with Gasteiger partial charge in [-0.2, -0.15) is 0 Å². The first-order chi connectivity index (χ1) is 16.3. The Kier molecular flexibility index (Phi) is 4.02. The summed E-state index contributed by atoms with van der Waals surface area (Å²) in [7, 11) is 0. The van der Waals surface area contributed by atoms with Crippen LogP contribution in [0.2, 0.25) is 0 Å². The molecule has 33 heavy (non-hydrogen) atoms. The van der Waals surface area contributed by atoms with E-state index in [1.807, 2.05) is 18.2 Å². The zero-order chi connectivity index (χ0) is 21.9. The maximum absolute atomic E-state index is 6.17. The first kappa shape index (κ1) is 18.7. The molecule has 0 unspecified atom stereocenters. The molecular formula is C30H18BrNO. The first-order valence-corrected chi connectivity index (χ1v) is 11.8. The molecule has 0 aliphatic heterocycles. The van der Waals surface area contributed by atoms with Crippen molar-refractivity contribution in [3.05, 3.63) is 114 Å². The Bertz CT molecular complexity index is 1830. The van der Waals surface area contributed by atoms with Gasteiger partial charge in [0.05, 0.1) is 11.0 Å². The zero-order valence-electron chi connectivity index (χ0n) is 17.6. The van der Waals surface area contributed by atoms with Gasteiger partial charge < -0.3 is 8.98 Å². The molecule has 0 atom stereocenters. The van der Waals surface area contributed by atoms with Crippen LogP contribution in [0.3, 0.4) is 0 Å². The van der Waals surface area contributed by atoms with Crippen molar-refractivity contribution in [2.75, 3.05) is 0 Å². The fourth-order valence-corrected chi connectivity index (χ4v) is 5.39. The summed E-state index contributed by atoms with van der Waals surface area (Å²) in [5.74, 6) is 0. The fraction of sp³-hybridized carbons (Fsp3) is 0. The predicted molar refractivity (Wildman–Crippen MR) is 141 cm³/mol. The third kappa shape index (κ3) is 2.79. The van der Waals surface area contributed by atoms with Crippen LogP contribution in [-0.4, -0.2) is 4.57 Å². The van der Waals surface area contributed by atoms with Crippen molar-refractivity contribution in [1.82, 2.24) is 4.57 Å². The number of halogens is 1. The maximum atomic E-state index is 6.17. The van der Waals surface area contributed by atoms with Crippen molar-refractivity contribution in [2.45, 2.75) is 0 Å². The Morgan fingerprint density at radius 3 is 2.30 bits per heavy atom. The number of furan rings is 1. The van der Waals surface area contributed by atoms with Gasteiger partial charge in [-0.3, -0.25) is 0 Å². The molecule has 5 aromatic carbocycles. The molecule has 0 spiro atoms. The Morgan fingerprint density at radius 2 is 1.39 bits per heavy atom. The average molecular weight is 488 g/mol. The summed E-state index contributed by atoms with van der Waals surface area (Å²) in [6.07, 6.45) is 0. The topological polar surface area (TPSA) is 18.1 Å². The van der Waals surface area contributed by atoms with E-state index in [9.17, 15) is 0 Å². The van der Waals surface area contributed by atoms with E-state index < -0.39 is 0 Å². The highest BCUT2D eigenvalue weighted by molar-refractivity contribution is 9.10. The van der Waals surface area contributed by atoms with Crippen LogP contribution >= 0.6 is 15.9 Å². The minimum atomic E-state index is 0.903. The van der Waals surface area contributed by atoms with E-state index >= 15 is 0 Å². The van der Waals surface area contributed by atoms with Crippen LogP contribution in [0.4, 0.5) is 0 Å². The summed E-state index contributed by atoms with van der Waals surface area (Å²) >= 11 is 3.63. The number of fused-ring (bicyclic) bond motifs is 6. The lowest BCUT2D eigenvalue weighted by Gasteiger charge is -2.09. The van der Waals surface area contributed by atoms with Crippen LogP contribution in [0.25, 0.3) is 60.6 Å². The number of rotatable bonds is 2. The molecule has 0 amide bonds. The van der Waals surface area contributed by atoms with Crippen LogP contribution in [-0.2, 0) is 0 Å². The normalized spacial score (nSPS) is 11.8. The van der Waals surface area contributed by atoms with Gasteiger partial charge in [0.15, 0.2) is 0 Å². The van der Waals surface area contributed by atoms with Crippen LogP contribution in [0.15, 0.2) is 118 Å². The molecule has 0 aliphatic rings. The van der Waals surface area contributed by atoms with Crippen LogP contribution in [0, 0.1) is 0 Å². The molecule has 0 saturated carbocycles. The van der Waals surface area contributed by atoms with E-state index in [0.29, 0.717) is 0 Å².